The van der Waals surface area contributed by atoms with Gasteiger partial charge in [0.05, 0.1) is 6.54 Å². The highest BCUT2D eigenvalue weighted by Crippen LogP contribution is 2.25. The maximum Gasteiger partial charge on any atom is 0.0581 e. The predicted octanol–water partition coefficient (Wildman–Crippen LogP) is 3.78. The highest BCUT2D eigenvalue weighted by atomic mass is 79.9. The number of benzene rings is 1. The van der Waals surface area contributed by atoms with Crippen molar-refractivity contribution >= 4 is 27.5 Å². The van der Waals surface area contributed by atoms with E-state index in [0.29, 0.717) is 6.54 Å². The SMILES string of the molecule is CC#CCNC(C)c1ccc(Br)cc1Cl. The molecule has 0 aromatic heterocycles. The van der Waals surface area contributed by atoms with E-state index in [1.807, 2.05) is 25.1 Å². The van der Waals surface area contributed by atoms with Crippen molar-refractivity contribution < 1.29 is 0 Å². The van der Waals surface area contributed by atoms with E-state index >= 15 is 0 Å². The number of hydrogen-bond donors (Lipinski definition) is 1. The van der Waals surface area contributed by atoms with Crippen LogP contribution in [0.1, 0.15) is 25.5 Å². The van der Waals surface area contributed by atoms with Crippen LogP contribution < -0.4 is 5.32 Å². The molecule has 0 aliphatic heterocycles. The quantitative estimate of drug-likeness (QED) is 0.834. The zero-order valence-corrected chi connectivity index (χ0v) is 11.1. The van der Waals surface area contributed by atoms with Gasteiger partial charge in [-0.3, -0.25) is 5.32 Å². The van der Waals surface area contributed by atoms with Crippen LogP contribution in [0.2, 0.25) is 5.02 Å². The van der Waals surface area contributed by atoms with Crippen molar-refractivity contribution in [1.82, 2.24) is 5.32 Å². The Labute approximate surface area is 104 Å². The van der Waals surface area contributed by atoms with E-state index in [0.717, 1.165) is 15.1 Å². The summed E-state index contributed by atoms with van der Waals surface area (Å²) in [7, 11) is 0. The van der Waals surface area contributed by atoms with E-state index < -0.39 is 0 Å². The lowest BCUT2D eigenvalue weighted by Crippen LogP contribution is -2.19. The van der Waals surface area contributed by atoms with Crippen LogP contribution in [0.5, 0.6) is 0 Å². The van der Waals surface area contributed by atoms with Crippen molar-refractivity contribution in [2.45, 2.75) is 19.9 Å². The minimum atomic E-state index is 0.214. The van der Waals surface area contributed by atoms with Gasteiger partial charge in [-0.1, -0.05) is 39.5 Å². The number of halogens is 2. The molecule has 1 unspecified atom stereocenters. The second-order valence-corrected chi connectivity index (χ2v) is 4.52. The third-order valence-corrected chi connectivity index (χ3v) is 2.92. The van der Waals surface area contributed by atoms with E-state index in [9.17, 15) is 0 Å². The van der Waals surface area contributed by atoms with Gasteiger partial charge in [0, 0.05) is 15.5 Å². The third kappa shape index (κ3) is 3.87. The van der Waals surface area contributed by atoms with Crippen molar-refractivity contribution in [3.8, 4) is 11.8 Å². The molecule has 1 rings (SSSR count). The number of hydrogen-bond acceptors (Lipinski definition) is 1. The number of rotatable bonds is 3. The Bertz CT molecular complexity index is 392. The Morgan fingerprint density at radius 3 is 2.87 bits per heavy atom. The lowest BCUT2D eigenvalue weighted by atomic mass is 10.1. The normalized spacial score (nSPS) is 11.7. The third-order valence-electron chi connectivity index (χ3n) is 2.10. The zero-order chi connectivity index (χ0) is 11.3. The lowest BCUT2D eigenvalue weighted by Gasteiger charge is -2.14. The Morgan fingerprint density at radius 1 is 1.53 bits per heavy atom. The maximum absolute atomic E-state index is 6.13. The molecule has 0 heterocycles. The molecular weight excluding hydrogens is 273 g/mol. The van der Waals surface area contributed by atoms with Crippen LogP contribution in [0.25, 0.3) is 0 Å². The summed E-state index contributed by atoms with van der Waals surface area (Å²) >= 11 is 9.51. The summed E-state index contributed by atoms with van der Waals surface area (Å²) in [5.41, 5.74) is 1.10. The number of nitrogens with one attached hydrogen (secondary N) is 1. The fraction of sp³-hybridized carbons (Fsp3) is 0.333. The molecule has 1 nitrogen and oxygen atoms in total. The molecular formula is C12H13BrClN. The van der Waals surface area contributed by atoms with E-state index in [1.54, 1.807) is 0 Å². The first kappa shape index (κ1) is 12.6. The molecule has 1 aromatic rings. The van der Waals surface area contributed by atoms with Gasteiger partial charge in [0.2, 0.25) is 0 Å². The molecule has 3 heteroatoms. The second kappa shape index (κ2) is 6.17. The largest absolute Gasteiger partial charge is 0.300 e. The van der Waals surface area contributed by atoms with Crippen molar-refractivity contribution in [3.63, 3.8) is 0 Å². The van der Waals surface area contributed by atoms with E-state index in [-0.39, 0.29) is 6.04 Å². The Kier molecular flexibility index (Phi) is 5.17. The Hall–Kier alpha value is -0.490. The summed E-state index contributed by atoms with van der Waals surface area (Å²) in [4.78, 5) is 0. The van der Waals surface area contributed by atoms with Crippen molar-refractivity contribution in [3.05, 3.63) is 33.3 Å². The van der Waals surface area contributed by atoms with Gasteiger partial charge in [-0.15, -0.1) is 5.92 Å². The molecule has 1 atom stereocenters. The summed E-state index contributed by atoms with van der Waals surface area (Å²) in [6.07, 6.45) is 0. The van der Waals surface area contributed by atoms with E-state index in [2.05, 4.69) is 40.0 Å². The van der Waals surface area contributed by atoms with Gasteiger partial charge in [0.1, 0.15) is 0 Å². The summed E-state index contributed by atoms with van der Waals surface area (Å²) < 4.78 is 0.997. The minimum absolute atomic E-state index is 0.214. The van der Waals surface area contributed by atoms with Crippen LogP contribution in [0.15, 0.2) is 22.7 Å². The van der Waals surface area contributed by atoms with E-state index in [4.69, 9.17) is 11.6 Å². The van der Waals surface area contributed by atoms with Crippen LogP contribution in [-0.4, -0.2) is 6.54 Å². The molecule has 1 aromatic carbocycles. The molecule has 15 heavy (non-hydrogen) atoms. The molecule has 80 valence electrons. The maximum atomic E-state index is 6.13. The topological polar surface area (TPSA) is 12.0 Å². The summed E-state index contributed by atoms with van der Waals surface area (Å²) in [5, 5.41) is 4.06. The van der Waals surface area contributed by atoms with E-state index in [1.165, 1.54) is 0 Å². The zero-order valence-electron chi connectivity index (χ0n) is 8.77. The molecule has 0 aliphatic carbocycles. The molecule has 0 spiro atoms. The minimum Gasteiger partial charge on any atom is -0.300 e. The molecule has 0 amide bonds. The van der Waals surface area contributed by atoms with Gasteiger partial charge in [0.25, 0.3) is 0 Å². The Balaban J connectivity index is 2.71. The van der Waals surface area contributed by atoms with Crippen LogP contribution in [0.4, 0.5) is 0 Å². The first-order chi connectivity index (χ1) is 7.15. The smallest absolute Gasteiger partial charge is 0.0581 e. The predicted molar refractivity (Wildman–Crippen MR) is 69.0 cm³/mol. The van der Waals surface area contributed by atoms with Gasteiger partial charge >= 0.3 is 0 Å². The first-order valence-corrected chi connectivity index (χ1v) is 5.90. The molecule has 0 fully saturated rings. The molecule has 1 N–H and O–H groups in total. The molecule has 0 aliphatic rings. The van der Waals surface area contributed by atoms with Crippen LogP contribution in [0, 0.1) is 11.8 Å². The van der Waals surface area contributed by atoms with Crippen molar-refractivity contribution in [2.75, 3.05) is 6.54 Å². The average Bonchev–Trinajstić information content (AvgIpc) is 2.17. The van der Waals surface area contributed by atoms with Gasteiger partial charge in [0.15, 0.2) is 0 Å². The molecule has 0 radical (unpaired) electrons. The highest BCUT2D eigenvalue weighted by Gasteiger charge is 2.08. The summed E-state index contributed by atoms with van der Waals surface area (Å²) in [6.45, 7) is 4.59. The molecule has 0 saturated carbocycles. The fourth-order valence-electron chi connectivity index (χ4n) is 1.26. The van der Waals surface area contributed by atoms with Crippen molar-refractivity contribution in [2.24, 2.45) is 0 Å². The lowest BCUT2D eigenvalue weighted by molar-refractivity contribution is 0.623. The fourth-order valence-corrected chi connectivity index (χ4v) is 2.09. The first-order valence-electron chi connectivity index (χ1n) is 4.73. The monoisotopic (exact) mass is 285 g/mol. The summed E-state index contributed by atoms with van der Waals surface area (Å²) in [5.74, 6) is 5.81. The molecule has 0 bridgehead atoms. The second-order valence-electron chi connectivity index (χ2n) is 3.20. The Morgan fingerprint density at radius 2 is 2.27 bits per heavy atom. The van der Waals surface area contributed by atoms with Gasteiger partial charge < -0.3 is 0 Å². The van der Waals surface area contributed by atoms with Crippen LogP contribution >= 0.6 is 27.5 Å². The van der Waals surface area contributed by atoms with Gasteiger partial charge in [-0.2, -0.15) is 0 Å². The average molecular weight is 287 g/mol. The van der Waals surface area contributed by atoms with Crippen molar-refractivity contribution in [1.29, 1.82) is 0 Å². The highest BCUT2D eigenvalue weighted by molar-refractivity contribution is 9.10. The van der Waals surface area contributed by atoms with Gasteiger partial charge in [-0.05, 0) is 31.5 Å². The molecule has 0 saturated heterocycles. The van der Waals surface area contributed by atoms with Gasteiger partial charge in [-0.25, -0.2) is 0 Å². The summed E-state index contributed by atoms with van der Waals surface area (Å²) in [6, 6.07) is 6.13. The van der Waals surface area contributed by atoms with Crippen LogP contribution in [-0.2, 0) is 0 Å². The standard InChI is InChI=1S/C12H13BrClN/c1-3-4-7-15-9(2)11-6-5-10(13)8-12(11)14/h5-6,8-9,15H,7H2,1-2H3. The van der Waals surface area contributed by atoms with Crippen LogP contribution in [0.3, 0.4) is 0 Å².